The number of halogens is 2. The fraction of sp³-hybridized carbons (Fsp3) is 0.158. The lowest BCUT2D eigenvalue weighted by Crippen LogP contribution is -2.06. The van der Waals surface area contributed by atoms with Crippen LogP contribution >= 0.6 is 0 Å². The van der Waals surface area contributed by atoms with Crippen LogP contribution in [0, 0.1) is 11.3 Å². The van der Waals surface area contributed by atoms with Gasteiger partial charge in [-0.2, -0.15) is 14.0 Å². The zero-order valence-corrected chi connectivity index (χ0v) is 14.4. The SMILES string of the molecule is COc1cc(C#N)ccc1OC(=O)/C=C/c1cccc(OC)c1OC(F)F. The fourth-order valence-electron chi connectivity index (χ4n) is 2.16. The normalized spacial score (nSPS) is 10.5. The lowest BCUT2D eigenvalue weighted by Gasteiger charge is -2.12. The van der Waals surface area contributed by atoms with E-state index in [-0.39, 0.29) is 28.6 Å². The molecule has 0 N–H and O–H groups in total. The predicted molar refractivity (Wildman–Crippen MR) is 92.0 cm³/mol. The van der Waals surface area contributed by atoms with Crippen molar-refractivity contribution in [3.63, 3.8) is 0 Å². The van der Waals surface area contributed by atoms with Gasteiger partial charge >= 0.3 is 12.6 Å². The minimum Gasteiger partial charge on any atom is -0.493 e. The molecule has 0 saturated heterocycles. The number of carbonyl (C=O) groups is 1. The zero-order valence-electron chi connectivity index (χ0n) is 14.4. The van der Waals surface area contributed by atoms with Crippen LogP contribution in [-0.2, 0) is 4.79 Å². The first-order valence-corrected chi connectivity index (χ1v) is 7.58. The minimum atomic E-state index is -3.05. The summed E-state index contributed by atoms with van der Waals surface area (Å²) in [5.74, 6) is -0.557. The molecule has 140 valence electrons. The van der Waals surface area contributed by atoms with Gasteiger partial charge in [-0.3, -0.25) is 0 Å². The molecule has 0 atom stereocenters. The number of nitrogens with zero attached hydrogens (tertiary/aromatic N) is 1. The van der Waals surface area contributed by atoms with Crippen molar-refractivity contribution >= 4 is 12.0 Å². The van der Waals surface area contributed by atoms with E-state index in [2.05, 4.69) is 4.74 Å². The molecule has 0 unspecified atom stereocenters. The summed E-state index contributed by atoms with van der Waals surface area (Å²) < 4.78 is 44.9. The van der Waals surface area contributed by atoms with Crippen LogP contribution in [0.2, 0.25) is 0 Å². The topological polar surface area (TPSA) is 77.8 Å². The standard InChI is InChI=1S/C19H15F2NO5/c1-24-15-5-3-4-13(18(15)27-19(20)21)7-9-17(23)26-14-8-6-12(11-22)10-16(14)25-2/h3-10,19H,1-2H3/b9-7+. The van der Waals surface area contributed by atoms with Crippen LogP contribution in [0.5, 0.6) is 23.0 Å². The van der Waals surface area contributed by atoms with Crippen LogP contribution in [0.1, 0.15) is 11.1 Å². The van der Waals surface area contributed by atoms with Crippen molar-refractivity contribution < 1.29 is 32.5 Å². The Bertz CT molecular complexity index is 890. The van der Waals surface area contributed by atoms with Crippen molar-refractivity contribution in [2.45, 2.75) is 6.61 Å². The van der Waals surface area contributed by atoms with Crippen molar-refractivity contribution in [3.05, 3.63) is 53.6 Å². The molecule has 8 heteroatoms. The van der Waals surface area contributed by atoms with Gasteiger partial charge in [0.1, 0.15) is 0 Å². The third-order valence-electron chi connectivity index (χ3n) is 3.34. The molecule has 0 aliphatic carbocycles. The first-order chi connectivity index (χ1) is 13.0. The maximum Gasteiger partial charge on any atom is 0.387 e. The Balaban J connectivity index is 2.21. The van der Waals surface area contributed by atoms with E-state index in [1.165, 1.54) is 50.6 Å². The first-order valence-electron chi connectivity index (χ1n) is 7.58. The van der Waals surface area contributed by atoms with Gasteiger partial charge < -0.3 is 18.9 Å². The quantitative estimate of drug-likeness (QED) is 0.416. The van der Waals surface area contributed by atoms with Crippen molar-refractivity contribution in [1.82, 2.24) is 0 Å². The van der Waals surface area contributed by atoms with Gasteiger partial charge in [0.05, 0.1) is 25.9 Å². The second kappa shape index (κ2) is 9.20. The Morgan fingerprint density at radius 3 is 2.48 bits per heavy atom. The van der Waals surface area contributed by atoms with Crippen molar-refractivity contribution in [2.24, 2.45) is 0 Å². The largest absolute Gasteiger partial charge is 0.493 e. The van der Waals surface area contributed by atoms with Gasteiger partial charge in [0.2, 0.25) is 0 Å². The van der Waals surface area contributed by atoms with Gasteiger partial charge in [-0.25, -0.2) is 4.79 Å². The van der Waals surface area contributed by atoms with E-state index < -0.39 is 12.6 Å². The van der Waals surface area contributed by atoms with Crippen molar-refractivity contribution in [1.29, 1.82) is 5.26 Å². The molecule has 0 saturated carbocycles. The molecular formula is C19H15F2NO5. The minimum absolute atomic E-state index is 0.0968. The molecule has 27 heavy (non-hydrogen) atoms. The molecule has 0 aliphatic heterocycles. The van der Waals surface area contributed by atoms with Gasteiger partial charge in [-0.15, -0.1) is 0 Å². The Labute approximate surface area is 154 Å². The Morgan fingerprint density at radius 1 is 1.11 bits per heavy atom. The second-order valence-corrected chi connectivity index (χ2v) is 4.99. The average molecular weight is 375 g/mol. The van der Waals surface area contributed by atoms with Gasteiger partial charge in [0, 0.05) is 17.7 Å². The van der Waals surface area contributed by atoms with Crippen LogP contribution in [-0.4, -0.2) is 26.8 Å². The van der Waals surface area contributed by atoms with Gasteiger partial charge in [0.15, 0.2) is 23.0 Å². The molecule has 0 spiro atoms. The summed E-state index contributed by atoms with van der Waals surface area (Å²) in [6.07, 6.45) is 2.31. The van der Waals surface area contributed by atoms with Crippen molar-refractivity contribution in [3.8, 4) is 29.1 Å². The Morgan fingerprint density at radius 2 is 1.85 bits per heavy atom. The highest BCUT2D eigenvalue weighted by molar-refractivity contribution is 5.89. The summed E-state index contributed by atoms with van der Waals surface area (Å²) in [6, 6.07) is 10.7. The molecule has 0 amide bonds. The smallest absolute Gasteiger partial charge is 0.387 e. The van der Waals surface area contributed by atoms with E-state index in [4.69, 9.17) is 19.5 Å². The third kappa shape index (κ3) is 5.19. The van der Waals surface area contributed by atoms with Gasteiger partial charge in [-0.05, 0) is 24.3 Å². The molecular weight excluding hydrogens is 360 g/mol. The number of hydrogen-bond acceptors (Lipinski definition) is 6. The Hall–Kier alpha value is -3.60. The molecule has 0 radical (unpaired) electrons. The lowest BCUT2D eigenvalue weighted by atomic mass is 10.1. The van der Waals surface area contributed by atoms with E-state index in [1.807, 2.05) is 6.07 Å². The summed E-state index contributed by atoms with van der Waals surface area (Å²) >= 11 is 0. The monoisotopic (exact) mass is 375 g/mol. The van der Waals surface area contributed by atoms with Crippen LogP contribution < -0.4 is 18.9 Å². The van der Waals surface area contributed by atoms with Gasteiger partial charge in [0.25, 0.3) is 0 Å². The number of methoxy groups -OCH3 is 2. The number of ether oxygens (including phenoxy) is 4. The molecule has 6 nitrogen and oxygen atoms in total. The number of rotatable bonds is 7. The molecule has 2 aromatic carbocycles. The van der Waals surface area contributed by atoms with E-state index in [9.17, 15) is 13.6 Å². The number of para-hydroxylation sites is 1. The molecule has 0 aromatic heterocycles. The van der Waals surface area contributed by atoms with E-state index in [1.54, 1.807) is 6.07 Å². The van der Waals surface area contributed by atoms with E-state index >= 15 is 0 Å². The maximum atomic E-state index is 12.6. The highest BCUT2D eigenvalue weighted by Crippen LogP contribution is 2.33. The molecule has 0 fully saturated rings. The van der Waals surface area contributed by atoms with Crippen LogP contribution in [0.15, 0.2) is 42.5 Å². The van der Waals surface area contributed by atoms with Crippen LogP contribution in [0.3, 0.4) is 0 Å². The second-order valence-electron chi connectivity index (χ2n) is 4.99. The number of nitriles is 1. The number of esters is 1. The molecule has 0 aliphatic rings. The predicted octanol–water partition coefficient (Wildman–Crippen LogP) is 3.80. The summed E-state index contributed by atoms with van der Waals surface area (Å²) in [6.45, 7) is -3.05. The fourth-order valence-corrected chi connectivity index (χ4v) is 2.16. The summed E-state index contributed by atoms with van der Waals surface area (Å²) in [7, 11) is 2.68. The molecule has 2 aromatic rings. The zero-order chi connectivity index (χ0) is 19.8. The third-order valence-corrected chi connectivity index (χ3v) is 3.34. The van der Waals surface area contributed by atoms with Crippen LogP contribution in [0.25, 0.3) is 6.08 Å². The summed E-state index contributed by atoms with van der Waals surface area (Å²) in [5.41, 5.74) is 0.547. The Kier molecular flexibility index (Phi) is 6.72. The van der Waals surface area contributed by atoms with Gasteiger partial charge in [-0.1, -0.05) is 12.1 Å². The summed E-state index contributed by atoms with van der Waals surface area (Å²) in [5, 5.41) is 8.87. The number of benzene rings is 2. The van der Waals surface area contributed by atoms with E-state index in [0.717, 1.165) is 6.08 Å². The molecule has 0 heterocycles. The maximum absolute atomic E-state index is 12.6. The number of hydrogen-bond donors (Lipinski definition) is 0. The molecule has 0 bridgehead atoms. The number of carbonyl (C=O) groups excluding carboxylic acids is 1. The van der Waals surface area contributed by atoms with Crippen LogP contribution in [0.4, 0.5) is 8.78 Å². The average Bonchev–Trinajstić information content (AvgIpc) is 2.66. The summed E-state index contributed by atoms with van der Waals surface area (Å²) in [4.78, 5) is 12.0. The lowest BCUT2D eigenvalue weighted by molar-refractivity contribution is -0.129. The highest BCUT2D eigenvalue weighted by Gasteiger charge is 2.14. The highest BCUT2D eigenvalue weighted by atomic mass is 19.3. The first kappa shape index (κ1) is 19.7. The molecule has 2 rings (SSSR count). The van der Waals surface area contributed by atoms with Crippen molar-refractivity contribution in [2.75, 3.05) is 14.2 Å². The van der Waals surface area contributed by atoms with E-state index in [0.29, 0.717) is 5.56 Å². The number of alkyl halides is 2.